The summed E-state index contributed by atoms with van der Waals surface area (Å²) >= 11 is 0. The molecule has 0 saturated heterocycles. The molecule has 0 atom stereocenters. The Morgan fingerprint density at radius 2 is 1.95 bits per heavy atom. The number of anilines is 2. The number of primary amides is 1. The Balaban J connectivity index is 2.26. The fraction of sp³-hybridized carbons (Fsp3) is 0.214. The van der Waals surface area contributed by atoms with Gasteiger partial charge in [-0.15, -0.1) is 0 Å². The number of carbonyl (C=O) groups excluding carboxylic acids is 1. The Bertz CT molecular complexity index is 728. The monoisotopic (exact) mass is 288 g/mol. The zero-order valence-corrected chi connectivity index (χ0v) is 11.6. The second-order valence-corrected chi connectivity index (χ2v) is 4.54. The van der Waals surface area contributed by atoms with Gasteiger partial charge in [0.15, 0.2) is 0 Å². The van der Waals surface area contributed by atoms with E-state index in [0.717, 1.165) is 4.57 Å². The van der Waals surface area contributed by atoms with Crippen molar-refractivity contribution in [3.05, 3.63) is 56.7 Å². The maximum Gasteiger partial charge on any atom is 0.329 e. The number of nitrogens with one attached hydrogen (secondary N) is 2. The van der Waals surface area contributed by atoms with Crippen LogP contribution < -0.4 is 22.3 Å². The first-order chi connectivity index (χ1) is 10.0. The highest BCUT2D eigenvalue weighted by Gasteiger charge is 2.04. The third-order valence-corrected chi connectivity index (χ3v) is 2.92. The average molecular weight is 288 g/mol. The van der Waals surface area contributed by atoms with Crippen LogP contribution in [0.25, 0.3) is 0 Å². The van der Waals surface area contributed by atoms with Crippen molar-refractivity contribution in [1.82, 2.24) is 9.55 Å². The van der Waals surface area contributed by atoms with Crippen LogP contribution in [-0.2, 0) is 6.54 Å². The Morgan fingerprint density at radius 3 is 2.48 bits per heavy atom. The van der Waals surface area contributed by atoms with Gasteiger partial charge in [0.25, 0.3) is 5.56 Å². The average Bonchev–Trinajstić information content (AvgIpc) is 2.43. The van der Waals surface area contributed by atoms with Gasteiger partial charge in [-0.3, -0.25) is 19.1 Å². The molecule has 0 fully saturated rings. The highest BCUT2D eigenvalue weighted by Crippen LogP contribution is 2.13. The minimum Gasteiger partial charge on any atom is -0.366 e. The molecular formula is C14H16N4O3. The standard InChI is InChI=1S/C14H16N4O3/c1-2-7-18-12(19)8-11(17-14(18)21)16-10-5-3-9(4-6-10)13(15)20/h3-6,8,16H,2,7H2,1H3,(H2,15,20)(H,17,21). The molecule has 4 N–H and O–H groups in total. The Hall–Kier alpha value is -2.83. The van der Waals surface area contributed by atoms with Gasteiger partial charge < -0.3 is 11.1 Å². The first-order valence-electron chi connectivity index (χ1n) is 6.52. The normalized spacial score (nSPS) is 10.3. The molecule has 1 aromatic heterocycles. The molecule has 7 nitrogen and oxygen atoms in total. The summed E-state index contributed by atoms with van der Waals surface area (Å²) in [6.45, 7) is 2.26. The summed E-state index contributed by atoms with van der Waals surface area (Å²) in [6, 6.07) is 7.70. The van der Waals surface area contributed by atoms with Gasteiger partial charge in [0.1, 0.15) is 5.82 Å². The summed E-state index contributed by atoms with van der Waals surface area (Å²) in [5.41, 5.74) is 5.34. The molecule has 0 unspecified atom stereocenters. The van der Waals surface area contributed by atoms with Crippen LogP contribution in [0.15, 0.2) is 39.9 Å². The molecular weight excluding hydrogens is 272 g/mol. The maximum atomic E-state index is 11.8. The molecule has 0 bridgehead atoms. The van der Waals surface area contributed by atoms with Crippen molar-refractivity contribution in [2.45, 2.75) is 19.9 Å². The van der Waals surface area contributed by atoms with Crippen LogP contribution in [0.1, 0.15) is 23.7 Å². The molecule has 110 valence electrons. The Kier molecular flexibility index (Phi) is 4.22. The summed E-state index contributed by atoms with van der Waals surface area (Å²) in [5, 5.41) is 2.90. The van der Waals surface area contributed by atoms with Crippen LogP contribution in [0.5, 0.6) is 0 Å². The summed E-state index contributed by atoms with van der Waals surface area (Å²) in [4.78, 5) is 37.2. The number of H-pyrrole nitrogens is 1. The van der Waals surface area contributed by atoms with E-state index in [0.29, 0.717) is 30.0 Å². The third-order valence-electron chi connectivity index (χ3n) is 2.92. The Labute approximate surface area is 120 Å². The topological polar surface area (TPSA) is 110 Å². The fourth-order valence-corrected chi connectivity index (χ4v) is 1.90. The lowest BCUT2D eigenvalue weighted by molar-refractivity contribution is 0.100. The van der Waals surface area contributed by atoms with E-state index in [2.05, 4.69) is 10.3 Å². The van der Waals surface area contributed by atoms with E-state index in [1.807, 2.05) is 6.92 Å². The van der Waals surface area contributed by atoms with E-state index in [1.54, 1.807) is 24.3 Å². The van der Waals surface area contributed by atoms with E-state index in [9.17, 15) is 14.4 Å². The number of hydrogen-bond donors (Lipinski definition) is 3. The lowest BCUT2D eigenvalue weighted by atomic mass is 10.2. The number of rotatable bonds is 5. The second-order valence-electron chi connectivity index (χ2n) is 4.54. The van der Waals surface area contributed by atoms with E-state index in [1.165, 1.54) is 6.07 Å². The van der Waals surface area contributed by atoms with Gasteiger partial charge in [-0.25, -0.2) is 4.79 Å². The first-order valence-corrected chi connectivity index (χ1v) is 6.52. The molecule has 0 radical (unpaired) electrons. The fourth-order valence-electron chi connectivity index (χ4n) is 1.90. The molecule has 1 heterocycles. The van der Waals surface area contributed by atoms with Crippen LogP contribution in [-0.4, -0.2) is 15.5 Å². The Morgan fingerprint density at radius 1 is 1.29 bits per heavy atom. The highest BCUT2D eigenvalue weighted by molar-refractivity contribution is 5.93. The number of carbonyl (C=O) groups is 1. The SMILES string of the molecule is CCCn1c(=O)cc(Nc2ccc(C(N)=O)cc2)[nH]c1=O. The highest BCUT2D eigenvalue weighted by atomic mass is 16.2. The van der Waals surface area contributed by atoms with Crippen molar-refractivity contribution in [2.24, 2.45) is 5.73 Å². The maximum absolute atomic E-state index is 11.8. The predicted octanol–water partition coefficient (Wildman–Crippen LogP) is 0.789. The second kappa shape index (κ2) is 6.08. The molecule has 2 aromatic rings. The number of amides is 1. The van der Waals surface area contributed by atoms with Crippen LogP contribution in [0.4, 0.5) is 11.5 Å². The lowest BCUT2D eigenvalue weighted by Crippen LogP contribution is -2.34. The molecule has 0 spiro atoms. The molecule has 21 heavy (non-hydrogen) atoms. The van der Waals surface area contributed by atoms with Crippen molar-refractivity contribution in [2.75, 3.05) is 5.32 Å². The molecule has 0 aliphatic carbocycles. The summed E-state index contributed by atoms with van der Waals surface area (Å²) in [7, 11) is 0. The largest absolute Gasteiger partial charge is 0.366 e. The van der Waals surface area contributed by atoms with Gasteiger partial charge in [-0.2, -0.15) is 0 Å². The molecule has 1 aromatic carbocycles. The van der Waals surface area contributed by atoms with Crippen molar-refractivity contribution in [3.8, 4) is 0 Å². The van der Waals surface area contributed by atoms with E-state index < -0.39 is 11.6 Å². The van der Waals surface area contributed by atoms with E-state index >= 15 is 0 Å². The molecule has 1 amide bonds. The minimum absolute atomic E-state index is 0.296. The van der Waals surface area contributed by atoms with Crippen LogP contribution >= 0.6 is 0 Å². The van der Waals surface area contributed by atoms with Gasteiger partial charge in [0, 0.05) is 23.9 Å². The lowest BCUT2D eigenvalue weighted by Gasteiger charge is -2.08. The zero-order chi connectivity index (χ0) is 15.4. The smallest absolute Gasteiger partial charge is 0.329 e. The number of nitrogens with two attached hydrogens (primary N) is 1. The summed E-state index contributed by atoms with van der Waals surface area (Å²) in [6.07, 6.45) is 0.699. The van der Waals surface area contributed by atoms with Crippen LogP contribution in [0.2, 0.25) is 0 Å². The van der Waals surface area contributed by atoms with Crippen LogP contribution in [0, 0.1) is 0 Å². The van der Waals surface area contributed by atoms with Gasteiger partial charge in [-0.1, -0.05) is 6.92 Å². The van der Waals surface area contributed by atoms with Gasteiger partial charge in [0.05, 0.1) is 0 Å². The van der Waals surface area contributed by atoms with Crippen molar-refractivity contribution in [1.29, 1.82) is 0 Å². The number of nitrogens with zero attached hydrogens (tertiary/aromatic N) is 1. The van der Waals surface area contributed by atoms with E-state index in [4.69, 9.17) is 5.73 Å². The molecule has 0 aliphatic rings. The van der Waals surface area contributed by atoms with Gasteiger partial charge in [0.2, 0.25) is 5.91 Å². The zero-order valence-electron chi connectivity index (χ0n) is 11.6. The number of aromatic nitrogens is 2. The molecule has 0 aliphatic heterocycles. The number of hydrogen-bond acceptors (Lipinski definition) is 4. The van der Waals surface area contributed by atoms with E-state index in [-0.39, 0.29) is 5.56 Å². The molecule has 0 saturated carbocycles. The molecule has 7 heteroatoms. The summed E-state index contributed by atoms with van der Waals surface area (Å²) in [5.74, 6) is -0.221. The summed E-state index contributed by atoms with van der Waals surface area (Å²) < 4.78 is 1.14. The van der Waals surface area contributed by atoms with Crippen molar-refractivity contribution < 1.29 is 4.79 Å². The number of aromatic amines is 1. The predicted molar refractivity (Wildman–Crippen MR) is 79.9 cm³/mol. The van der Waals surface area contributed by atoms with Gasteiger partial charge >= 0.3 is 5.69 Å². The quantitative estimate of drug-likeness (QED) is 0.755. The number of benzene rings is 1. The van der Waals surface area contributed by atoms with Crippen molar-refractivity contribution >= 4 is 17.4 Å². The van der Waals surface area contributed by atoms with Crippen molar-refractivity contribution in [3.63, 3.8) is 0 Å². The molecule has 2 rings (SSSR count). The van der Waals surface area contributed by atoms with Crippen LogP contribution in [0.3, 0.4) is 0 Å². The third kappa shape index (κ3) is 3.38. The first kappa shape index (κ1) is 14.6. The minimum atomic E-state index is -0.517. The van der Waals surface area contributed by atoms with Gasteiger partial charge in [-0.05, 0) is 30.7 Å².